The van der Waals surface area contributed by atoms with E-state index in [2.05, 4.69) is 5.32 Å². The standard InChI is InChI=1S/C16H19N3O2/c1-12-15(8-5-9-16(12)19(20)21)18-11-10-14(17)13-6-3-2-4-7-13/h2-9,14,18H,10-11,17H2,1H3. The summed E-state index contributed by atoms with van der Waals surface area (Å²) in [4.78, 5) is 10.5. The molecule has 0 aromatic heterocycles. The molecule has 5 heteroatoms. The van der Waals surface area contributed by atoms with Gasteiger partial charge in [0.2, 0.25) is 0 Å². The van der Waals surface area contributed by atoms with Gasteiger partial charge in [0, 0.05) is 29.9 Å². The fraction of sp³-hybridized carbons (Fsp3) is 0.250. The molecule has 0 radical (unpaired) electrons. The van der Waals surface area contributed by atoms with Crippen molar-refractivity contribution in [2.75, 3.05) is 11.9 Å². The van der Waals surface area contributed by atoms with Crippen molar-refractivity contribution in [2.24, 2.45) is 5.73 Å². The van der Waals surface area contributed by atoms with Crippen LogP contribution in [-0.4, -0.2) is 11.5 Å². The highest BCUT2D eigenvalue weighted by atomic mass is 16.6. The molecule has 0 saturated heterocycles. The van der Waals surface area contributed by atoms with E-state index in [1.54, 1.807) is 13.0 Å². The van der Waals surface area contributed by atoms with Crippen LogP contribution in [-0.2, 0) is 0 Å². The van der Waals surface area contributed by atoms with Gasteiger partial charge in [-0.2, -0.15) is 0 Å². The largest absolute Gasteiger partial charge is 0.385 e. The van der Waals surface area contributed by atoms with Crippen LogP contribution >= 0.6 is 0 Å². The lowest BCUT2D eigenvalue weighted by Gasteiger charge is -2.14. The normalized spacial score (nSPS) is 11.9. The molecule has 2 rings (SSSR count). The first-order chi connectivity index (χ1) is 10.1. The summed E-state index contributed by atoms with van der Waals surface area (Å²) in [6, 6.07) is 14.9. The zero-order valence-electron chi connectivity index (χ0n) is 12.0. The van der Waals surface area contributed by atoms with Crippen LogP contribution in [0.2, 0.25) is 0 Å². The Bertz CT molecular complexity index is 614. The molecule has 2 aromatic carbocycles. The average molecular weight is 285 g/mol. The van der Waals surface area contributed by atoms with Gasteiger partial charge < -0.3 is 11.1 Å². The topological polar surface area (TPSA) is 81.2 Å². The second-order valence-corrected chi connectivity index (χ2v) is 4.94. The molecule has 5 nitrogen and oxygen atoms in total. The van der Waals surface area contributed by atoms with E-state index in [9.17, 15) is 10.1 Å². The fourth-order valence-corrected chi connectivity index (χ4v) is 2.24. The van der Waals surface area contributed by atoms with Crippen LogP contribution in [0, 0.1) is 17.0 Å². The summed E-state index contributed by atoms with van der Waals surface area (Å²) >= 11 is 0. The average Bonchev–Trinajstić information content (AvgIpc) is 2.49. The minimum Gasteiger partial charge on any atom is -0.385 e. The monoisotopic (exact) mass is 285 g/mol. The van der Waals surface area contributed by atoms with Crippen LogP contribution in [0.3, 0.4) is 0 Å². The van der Waals surface area contributed by atoms with Crippen LogP contribution in [0.1, 0.15) is 23.6 Å². The van der Waals surface area contributed by atoms with Crippen molar-refractivity contribution in [1.82, 2.24) is 0 Å². The molecule has 0 saturated carbocycles. The first kappa shape index (κ1) is 15.0. The molecule has 3 N–H and O–H groups in total. The molecule has 0 aliphatic carbocycles. The lowest BCUT2D eigenvalue weighted by molar-refractivity contribution is -0.385. The third-order valence-corrected chi connectivity index (χ3v) is 3.50. The van der Waals surface area contributed by atoms with E-state index in [-0.39, 0.29) is 16.7 Å². The van der Waals surface area contributed by atoms with Gasteiger partial charge >= 0.3 is 0 Å². The van der Waals surface area contributed by atoms with Gasteiger partial charge in [-0.05, 0) is 25.0 Å². The number of hydrogen-bond acceptors (Lipinski definition) is 4. The number of nitro benzene ring substituents is 1. The molecule has 0 fully saturated rings. The van der Waals surface area contributed by atoms with Crippen LogP contribution in [0.25, 0.3) is 0 Å². The Labute approximate surface area is 123 Å². The van der Waals surface area contributed by atoms with E-state index < -0.39 is 0 Å². The highest BCUT2D eigenvalue weighted by Gasteiger charge is 2.13. The quantitative estimate of drug-likeness (QED) is 0.629. The number of nitrogens with one attached hydrogen (secondary N) is 1. The van der Waals surface area contributed by atoms with Gasteiger partial charge in [-0.25, -0.2) is 0 Å². The molecule has 110 valence electrons. The molecular formula is C16H19N3O2. The van der Waals surface area contributed by atoms with E-state index in [4.69, 9.17) is 5.73 Å². The van der Waals surface area contributed by atoms with E-state index in [1.807, 2.05) is 36.4 Å². The number of benzene rings is 2. The third-order valence-electron chi connectivity index (χ3n) is 3.50. The lowest BCUT2D eigenvalue weighted by atomic mass is 10.0. The van der Waals surface area contributed by atoms with Crippen LogP contribution in [0.4, 0.5) is 11.4 Å². The first-order valence-corrected chi connectivity index (χ1v) is 6.88. The van der Waals surface area contributed by atoms with Crippen molar-refractivity contribution in [3.05, 3.63) is 69.8 Å². The van der Waals surface area contributed by atoms with Gasteiger partial charge in [0.25, 0.3) is 5.69 Å². The maximum atomic E-state index is 10.9. The number of nitrogens with zero attached hydrogens (tertiary/aromatic N) is 1. The van der Waals surface area contributed by atoms with Gasteiger partial charge in [0.1, 0.15) is 0 Å². The van der Waals surface area contributed by atoms with Gasteiger partial charge in [-0.1, -0.05) is 36.4 Å². The third kappa shape index (κ3) is 3.79. The molecule has 1 atom stereocenters. The maximum Gasteiger partial charge on any atom is 0.274 e. The van der Waals surface area contributed by atoms with Crippen molar-refractivity contribution >= 4 is 11.4 Å². The van der Waals surface area contributed by atoms with Crippen molar-refractivity contribution in [3.63, 3.8) is 0 Å². The Morgan fingerprint density at radius 3 is 2.57 bits per heavy atom. The summed E-state index contributed by atoms with van der Waals surface area (Å²) in [5, 5.41) is 14.1. The molecule has 0 spiro atoms. The molecule has 0 bridgehead atoms. The fourth-order valence-electron chi connectivity index (χ4n) is 2.24. The molecule has 2 aromatic rings. The Kier molecular flexibility index (Phi) is 4.90. The molecule has 21 heavy (non-hydrogen) atoms. The van der Waals surface area contributed by atoms with Crippen molar-refractivity contribution < 1.29 is 4.92 Å². The highest BCUT2D eigenvalue weighted by molar-refractivity contribution is 5.59. The van der Waals surface area contributed by atoms with E-state index in [0.29, 0.717) is 12.1 Å². The number of anilines is 1. The number of nitrogens with two attached hydrogens (primary N) is 1. The first-order valence-electron chi connectivity index (χ1n) is 6.88. The van der Waals surface area contributed by atoms with Gasteiger partial charge in [0.05, 0.1) is 4.92 Å². The zero-order chi connectivity index (χ0) is 15.2. The molecule has 0 amide bonds. The summed E-state index contributed by atoms with van der Waals surface area (Å²) in [6.45, 7) is 2.41. The minimum atomic E-state index is -0.365. The molecule has 0 heterocycles. The van der Waals surface area contributed by atoms with Crippen molar-refractivity contribution in [1.29, 1.82) is 0 Å². The van der Waals surface area contributed by atoms with Gasteiger partial charge in [-0.3, -0.25) is 10.1 Å². The van der Waals surface area contributed by atoms with Crippen molar-refractivity contribution in [3.8, 4) is 0 Å². The summed E-state index contributed by atoms with van der Waals surface area (Å²) < 4.78 is 0. The SMILES string of the molecule is Cc1c(NCCC(N)c2ccccc2)cccc1[N+](=O)[O-]. The molecule has 0 aliphatic heterocycles. The number of hydrogen-bond donors (Lipinski definition) is 2. The van der Waals surface area contributed by atoms with Gasteiger partial charge in [0.15, 0.2) is 0 Å². The maximum absolute atomic E-state index is 10.9. The number of nitro groups is 1. The Balaban J connectivity index is 1.95. The highest BCUT2D eigenvalue weighted by Crippen LogP contribution is 2.25. The van der Waals surface area contributed by atoms with E-state index in [0.717, 1.165) is 17.7 Å². The second-order valence-electron chi connectivity index (χ2n) is 4.94. The summed E-state index contributed by atoms with van der Waals surface area (Å²) in [6.07, 6.45) is 0.756. The molecule has 1 unspecified atom stereocenters. The molecular weight excluding hydrogens is 266 g/mol. The summed E-state index contributed by atoms with van der Waals surface area (Å²) in [7, 11) is 0. The predicted octanol–water partition coefficient (Wildman–Crippen LogP) is 3.41. The van der Waals surface area contributed by atoms with Crippen LogP contribution in [0.5, 0.6) is 0 Å². The number of rotatable bonds is 6. The van der Waals surface area contributed by atoms with Gasteiger partial charge in [-0.15, -0.1) is 0 Å². The predicted molar refractivity (Wildman–Crippen MR) is 84.3 cm³/mol. The summed E-state index contributed by atoms with van der Waals surface area (Å²) in [5.74, 6) is 0. The van der Waals surface area contributed by atoms with Crippen molar-refractivity contribution in [2.45, 2.75) is 19.4 Å². The zero-order valence-corrected chi connectivity index (χ0v) is 12.0. The Hall–Kier alpha value is -2.40. The second kappa shape index (κ2) is 6.85. The van der Waals surface area contributed by atoms with E-state index in [1.165, 1.54) is 6.07 Å². The Morgan fingerprint density at radius 2 is 1.90 bits per heavy atom. The summed E-state index contributed by atoms with van der Waals surface area (Å²) in [5.41, 5.74) is 8.78. The Morgan fingerprint density at radius 1 is 1.19 bits per heavy atom. The minimum absolute atomic E-state index is 0.0438. The van der Waals surface area contributed by atoms with Crippen LogP contribution < -0.4 is 11.1 Å². The lowest BCUT2D eigenvalue weighted by Crippen LogP contribution is -2.15. The van der Waals surface area contributed by atoms with Crippen LogP contribution in [0.15, 0.2) is 48.5 Å². The molecule has 0 aliphatic rings. The van der Waals surface area contributed by atoms with E-state index >= 15 is 0 Å². The smallest absolute Gasteiger partial charge is 0.274 e.